The molecule has 1 aromatic carbocycles. The van der Waals surface area contributed by atoms with Gasteiger partial charge in [-0.25, -0.2) is 11.6 Å². The zero-order valence-corrected chi connectivity index (χ0v) is 14.6. The van der Waals surface area contributed by atoms with Gasteiger partial charge < -0.3 is 24.8 Å². The van der Waals surface area contributed by atoms with E-state index in [4.69, 9.17) is 0 Å². The van der Waals surface area contributed by atoms with Gasteiger partial charge in [-0.15, -0.1) is 0 Å². The van der Waals surface area contributed by atoms with Gasteiger partial charge in [-0.05, 0) is 0 Å². The van der Waals surface area contributed by atoms with E-state index in [2.05, 4.69) is 57.5 Å². The molecular formula is C13H17Cl2PTi. The molecule has 92 valence electrons. The van der Waals surface area contributed by atoms with Crippen LogP contribution in [0.15, 0.2) is 24.0 Å². The topological polar surface area (TPSA) is 0 Å². The minimum absolute atomic E-state index is 0. The van der Waals surface area contributed by atoms with E-state index in [0.717, 1.165) is 8.19 Å². The summed E-state index contributed by atoms with van der Waals surface area (Å²) >= 11 is 0. The molecule has 4 heteroatoms. The third-order valence-electron chi connectivity index (χ3n) is 2.20. The Hall–Kier alpha value is 0.424. The maximum atomic E-state index is 3.22. The summed E-state index contributed by atoms with van der Waals surface area (Å²) in [7, 11) is 0.820. The summed E-state index contributed by atoms with van der Waals surface area (Å²) in [6.45, 7) is 8.44. The fourth-order valence-electron chi connectivity index (χ4n) is 1.18. The summed E-state index contributed by atoms with van der Waals surface area (Å²) in [5.41, 5.74) is 5.45. The maximum absolute atomic E-state index is 3.22. The fraction of sp³-hybridized carbons (Fsp3) is 0.308. The molecule has 0 aliphatic carbocycles. The van der Waals surface area contributed by atoms with Crippen LogP contribution in [0.2, 0.25) is 0 Å². The Labute approximate surface area is 134 Å². The first-order valence-electron chi connectivity index (χ1n) is 4.82. The van der Waals surface area contributed by atoms with Crippen molar-refractivity contribution in [2.45, 2.75) is 27.7 Å². The van der Waals surface area contributed by atoms with Crippen molar-refractivity contribution in [3.63, 3.8) is 0 Å². The molecule has 17 heavy (non-hydrogen) atoms. The van der Waals surface area contributed by atoms with Gasteiger partial charge in [0.15, 0.2) is 0 Å². The molecule has 0 fully saturated rings. The van der Waals surface area contributed by atoms with Crippen LogP contribution in [0.1, 0.15) is 22.3 Å². The van der Waals surface area contributed by atoms with Gasteiger partial charge in [-0.1, -0.05) is 27.7 Å². The van der Waals surface area contributed by atoms with Crippen LogP contribution in [0.5, 0.6) is 0 Å². The molecule has 0 aliphatic rings. The van der Waals surface area contributed by atoms with Crippen LogP contribution in [0.4, 0.5) is 0 Å². The summed E-state index contributed by atoms with van der Waals surface area (Å²) in [4.78, 5) is 0. The first-order chi connectivity index (χ1) is 6.59. The Morgan fingerprint density at radius 3 is 1.82 bits per heavy atom. The number of aryl methyl sites for hydroxylation is 4. The summed E-state index contributed by atoms with van der Waals surface area (Å²) in [5, 5.41) is 0. The second-order valence-corrected chi connectivity index (χ2v) is 4.51. The first kappa shape index (κ1) is 22.6. The molecule has 0 aliphatic heterocycles. The maximum Gasteiger partial charge on any atom is 4.00 e. The molecule has 0 amide bonds. The summed E-state index contributed by atoms with van der Waals surface area (Å²) in [6, 6.07) is 6.41. The van der Waals surface area contributed by atoms with Gasteiger partial charge in [0, 0.05) is 0 Å². The van der Waals surface area contributed by atoms with Gasteiger partial charge in [-0.2, -0.15) is 40.4 Å². The molecule has 1 aromatic heterocycles. The zero-order chi connectivity index (χ0) is 10.6. The smallest absolute Gasteiger partial charge is 1.00 e. The Balaban J connectivity index is -0.000000196. The molecule has 0 radical (unpaired) electrons. The van der Waals surface area contributed by atoms with Crippen molar-refractivity contribution in [3.8, 4) is 0 Å². The average Bonchev–Trinajstić information content (AvgIpc) is 2.65. The Morgan fingerprint density at radius 1 is 1.12 bits per heavy atom. The third kappa shape index (κ3) is 9.06. The quantitative estimate of drug-likeness (QED) is 0.395. The second-order valence-electron chi connectivity index (χ2n) is 3.69. The summed E-state index contributed by atoms with van der Waals surface area (Å²) < 4.78 is 0. The van der Waals surface area contributed by atoms with Crippen molar-refractivity contribution >= 4 is 8.19 Å². The van der Waals surface area contributed by atoms with Crippen LogP contribution in [0, 0.1) is 33.5 Å². The van der Waals surface area contributed by atoms with Crippen LogP contribution < -0.4 is 24.8 Å². The first-order valence-corrected chi connectivity index (χ1v) is 5.89. The molecule has 2 rings (SSSR count). The normalized spacial score (nSPS) is 8.24. The molecule has 1 atom stereocenters. The number of hydrogen-bond acceptors (Lipinski definition) is 0. The van der Waals surface area contributed by atoms with E-state index in [-0.39, 0.29) is 46.5 Å². The van der Waals surface area contributed by atoms with E-state index < -0.39 is 0 Å². The van der Waals surface area contributed by atoms with Crippen molar-refractivity contribution in [1.82, 2.24) is 0 Å². The van der Waals surface area contributed by atoms with Crippen LogP contribution in [-0.4, -0.2) is 0 Å². The largest absolute Gasteiger partial charge is 4.00 e. The van der Waals surface area contributed by atoms with E-state index in [9.17, 15) is 0 Å². The molecule has 1 unspecified atom stereocenters. The molecule has 0 N–H and O–H groups in total. The second kappa shape index (κ2) is 11.5. The van der Waals surface area contributed by atoms with Crippen molar-refractivity contribution in [1.29, 1.82) is 0 Å². The standard InChI is InChI=1S/C7H9.C6H8P.2ClH.Ti/c1-6-3-4-7(2)5-6;1-5-3-7-4-6(5)2;;;/h3-5H,1-2H3;3,7H,1-2H3;2*1H;/q2*-1;;;+4/p-2. The molecular weight excluding hydrogens is 306 g/mol. The molecule has 0 nitrogen and oxygen atoms in total. The van der Waals surface area contributed by atoms with Crippen molar-refractivity contribution in [2.24, 2.45) is 0 Å². The van der Waals surface area contributed by atoms with Gasteiger partial charge in [0.25, 0.3) is 0 Å². The van der Waals surface area contributed by atoms with Gasteiger partial charge in [0.2, 0.25) is 0 Å². The molecule has 0 spiro atoms. The average molecular weight is 323 g/mol. The summed E-state index contributed by atoms with van der Waals surface area (Å²) in [6.07, 6.45) is 0. The molecule has 2 aromatic rings. The van der Waals surface area contributed by atoms with E-state index in [1.54, 1.807) is 0 Å². The Bertz CT molecular complexity index is 361. The van der Waals surface area contributed by atoms with E-state index in [1.165, 1.54) is 22.3 Å². The molecule has 0 saturated heterocycles. The van der Waals surface area contributed by atoms with Crippen LogP contribution in [0.3, 0.4) is 0 Å². The molecule has 0 saturated carbocycles. The van der Waals surface area contributed by atoms with Crippen molar-refractivity contribution in [3.05, 3.63) is 52.0 Å². The van der Waals surface area contributed by atoms with Gasteiger partial charge in [0.05, 0.1) is 0 Å². The SMILES string of the molecule is Cc1[c-][pH]cc1C.Cc1c[cH-]c(C)c1.[Cl-].[Cl-].[Ti+4]. The fourth-order valence-corrected chi connectivity index (χ4v) is 2.10. The molecule has 1 heterocycles. The summed E-state index contributed by atoms with van der Waals surface area (Å²) in [5.74, 6) is 5.44. The minimum atomic E-state index is 0. The molecule has 0 bridgehead atoms. The zero-order valence-electron chi connectivity index (χ0n) is 10.6. The Kier molecular flexibility index (Phi) is 15.3. The van der Waals surface area contributed by atoms with E-state index >= 15 is 0 Å². The third-order valence-corrected chi connectivity index (χ3v) is 3.30. The van der Waals surface area contributed by atoms with Gasteiger partial charge in [0.1, 0.15) is 0 Å². The van der Waals surface area contributed by atoms with E-state index in [1.807, 2.05) is 0 Å². The van der Waals surface area contributed by atoms with Crippen LogP contribution >= 0.6 is 8.19 Å². The monoisotopic (exact) mass is 322 g/mol. The van der Waals surface area contributed by atoms with Gasteiger partial charge >= 0.3 is 21.7 Å². The van der Waals surface area contributed by atoms with Crippen molar-refractivity contribution in [2.75, 3.05) is 0 Å². The van der Waals surface area contributed by atoms with E-state index in [0.29, 0.717) is 0 Å². The number of rotatable bonds is 0. The predicted molar refractivity (Wildman–Crippen MR) is 65.8 cm³/mol. The van der Waals surface area contributed by atoms with Crippen LogP contribution in [-0.2, 0) is 21.7 Å². The predicted octanol–water partition coefficient (Wildman–Crippen LogP) is -1.84. The number of hydrogen-bond donors (Lipinski definition) is 0. The minimum Gasteiger partial charge on any atom is -1.00 e. The van der Waals surface area contributed by atoms with Gasteiger partial charge in [-0.3, -0.25) is 8.19 Å². The Morgan fingerprint density at radius 2 is 1.71 bits per heavy atom. The van der Waals surface area contributed by atoms with Crippen LogP contribution in [0.25, 0.3) is 0 Å². The van der Waals surface area contributed by atoms with Crippen molar-refractivity contribution < 1.29 is 46.5 Å². The number of halogens is 2.